The van der Waals surface area contributed by atoms with Crippen molar-refractivity contribution in [3.63, 3.8) is 0 Å². The Kier molecular flexibility index (Phi) is 3.21. The van der Waals surface area contributed by atoms with E-state index in [4.69, 9.17) is 0 Å². The van der Waals surface area contributed by atoms with Crippen LogP contribution in [0, 0.1) is 11.8 Å². The van der Waals surface area contributed by atoms with Crippen molar-refractivity contribution < 1.29 is 0 Å². The van der Waals surface area contributed by atoms with E-state index in [1.807, 2.05) is 18.2 Å². The number of aliphatic imine (C=N–C) groups is 1. The summed E-state index contributed by atoms with van der Waals surface area (Å²) < 4.78 is 1.62. The summed E-state index contributed by atoms with van der Waals surface area (Å²) in [5.41, 5.74) is 2.24. The first-order valence-electron chi connectivity index (χ1n) is 8.00. The molecule has 2 aromatic rings. The van der Waals surface area contributed by atoms with Gasteiger partial charge in [-0.15, -0.1) is 0 Å². The molecule has 2 fully saturated rings. The zero-order chi connectivity index (χ0) is 15.1. The molecular formula is C17H20N4O. The van der Waals surface area contributed by atoms with E-state index in [1.54, 1.807) is 17.6 Å². The predicted molar refractivity (Wildman–Crippen MR) is 87.9 cm³/mol. The van der Waals surface area contributed by atoms with Crippen molar-refractivity contribution >= 4 is 17.2 Å². The molecule has 4 rings (SSSR count). The fraction of sp³-hybridized carbons (Fsp3) is 0.471. The van der Waals surface area contributed by atoms with Crippen molar-refractivity contribution in [1.82, 2.24) is 9.38 Å². The topological polar surface area (TPSA) is 58.8 Å². The number of fused-ring (bicyclic) bond motifs is 1. The van der Waals surface area contributed by atoms with Gasteiger partial charge in [0.05, 0.1) is 5.71 Å². The standard InChI is InChI=1S/C17H20N4O/c1-18-15(12-7-8-12)14-16(19-10-11-5-6-11)20-13-4-2-3-9-21(13)17(14)22/h2-4,9,11-12,19H,5-8,10H2,1H3. The molecule has 1 N–H and O–H groups in total. The van der Waals surface area contributed by atoms with Crippen molar-refractivity contribution in [1.29, 1.82) is 0 Å². The van der Waals surface area contributed by atoms with Gasteiger partial charge in [0.2, 0.25) is 0 Å². The lowest BCUT2D eigenvalue weighted by Gasteiger charge is -2.13. The molecule has 0 spiro atoms. The quantitative estimate of drug-likeness (QED) is 0.862. The van der Waals surface area contributed by atoms with Crippen LogP contribution in [-0.2, 0) is 0 Å². The van der Waals surface area contributed by atoms with Crippen LogP contribution in [0.4, 0.5) is 5.82 Å². The summed E-state index contributed by atoms with van der Waals surface area (Å²) >= 11 is 0. The van der Waals surface area contributed by atoms with Gasteiger partial charge in [0, 0.05) is 25.7 Å². The molecule has 0 atom stereocenters. The number of anilines is 1. The van der Waals surface area contributed by atoms with Gasteiger partial charge in [-0.1, -0.05) is 6.07 Å². The molecule has 114 valence electrons. The largest absolute Gasteiger partial charge is 0.369 e. The Bertz CT molecular complexity index is 800. The molecule has 0 saturated heterocycles. The Morgan fingerprint density at radius 3 is 2.86 bits per heavy atom. The third kappa shape index (κ3) is 2.40. The van der Waals surface area contributed by atoms with E-state index in [0.717, 1.165) is 31.0 Å². The number of hydrogen-bond acceptors (Lipinski definition) is 4. The maximum atomic E-state index is 12.9. The second kappa shape index (κ2) is 5.23. The van der Waals surface area contributed by atoms with Crippen molar-refractivity contribution in [3.8, 4) is 0 Å². The van der Waals surface area contributed by atoms with E-state index < -0.39 is 0 Å². The van der Waals surface area contributed by atoms with Gasteiger partial charge in [-0.2, -0.15) is 0 Å². The van der Waals surface area contributed by atoms with E-state index in [1.165, 1.54) is 12.8 Å². The first-order valence-corrected chi connectivity index (χ1v) is 8.00. The number of aromatic nitrogens is 2. The Morgan fingerprint density at radius 2 is 2.18 bits per heavy atom. The normalized spacial score (nSPS) is 18.7. The minimum Gasteiger partial charge on any atom is -0.369 e. The number of nitrogens with one attached hydrogen (secondary N) is 1. The summed E-state index contributed by atoms with van der Waals surface area (Å²) in [7, 11) is 1.78. The molecule has 5 heteroatoms. The Balaban J connectivity index is 1.87. The van der Waals surface area contributed by atoms with Gasteiger partial charge in [-0.05, 0) is 43.7 Å². The Labute approximate surface area is 129 Å². The Hall–Kier alpha value is -2.17. The van der Waals surface area contributed by atoms with Crippen molar-refractivity contribution in [2.24, 2.45) is 16.8 Å². The number of rotatable bonds is 5. The van der Waals surface area contributed by atoms with E-state index in [9.17, 15) is 4.79 Å². The lowest BCUT2D eigenvalue weighted by molar-refractivity contribution is 0.878. The van der Waals surface area contributed by atoms with Crippen LogP contribution in [0.15, 0.2) is 34.2 Å². The summed E-state index contributed by atoms with van der Waals surface area (Å²) in [6.07, 6.45) is 6.55. The van der Waals surface area contributed by atoms with Crippen LogP contribution in [0.5, 0.6) is 0 Å². The molecule has 0 aromatic carbocycles. The molecule has 22 heavy (non-hydrogen) atoms. The third-order valence-corrected chi connectivity index (χ3v) is 4.45. The molecule has 0 aliphatic heterocycles. The SMILES string of the molecule is CN=C(c1c(NCC2CC2)nc2ccccn2c1=O)C1CC1. The van der Waals surface area contributed by atoms with Crippen LogP contribution in [-0.4, -0.2) is 28.7 Å². The third-order valence-electron chi connectivity index (χ3n) is 4.45. The number of hydrogen-bond donors (Lipinski definition) is 1. The van der Waals surface area contributed by atoms with Gasteiger partial charge in [0.1, 0.15) is 17.0 Å². The zero-order valence-corrected chi connectivity index (χ0v) is 12.7. The van der Waals surface area contributed by atoms with E-state index >= 15 is 0 Å². The van der Waals surface area contributed by atoms with E-state index in [-0.39, 0.29) is 5.56 Å². The highest BCUT2D eigenvalue weighted by molar-refractivity contribution is 6.07. The highest BCUT2D eigenvalue weighted by Crippen LogP contribution is 2.34. The molecule has 2 saturated carbocycles. The van der Waals surface area contributed by atoms with Crippen LogP contribution in [0.3, 0.4) is 0 Å². The summed E-state index contributed by atoms with van der Waals surface area (Å²) in [5.74, 6) is 1.85. The first kappa shape index (κ1) is 13.5. The van der Waals surface area contributed by atoms with E-state index in [2.05, 4.69) is 15.3 Å². The van der Waals surface area contributed by atoms with Crippen molar-refractivity contribution in [2.75, 3.05) is 18.9 Å². The molecule has 5 nitrogen and oxygen atoms in total. The predicted octanol–water partition coefficient (Wildman–Crippen LogP) is 2.35. The van der Waals surface area contributed by atoms with Gasteiger partial charge in [-0.3, -0.25) is 14.2 Å². The molecule has 2 heterocycles. The fourth-order valence-corrected chi connectivity index (χ4v) is 2.87. The minimum atomic E-state index is -0.0172. The molecular weight excluding hydrogens is 276 g/mol. The summed E-state index contributed by atoms with van der Waals surface area (Å²) in [5, 5.41) is 3.40. The highest BCUT2D eigenvalue weighted by atomic mass is 16.1. The average Bonchev–Trinajstić information content (AvgIpc) is 3.42. The molecule has 0 bridgehead atoms. The smallest absolute Gasteiger partial charge is 0.269 e. The maximum absolute atomic E-state index is 12.9. The zero-order valence-electron chi connectivity index (χ0n) is 12.7. The van der Waals surface area contributed by atoms with Crippen molar-refractivity contribution in [2.45, 2.75) is 25.7 Å². The fourth-order valence-electron chi connectivity index (χ4n) is 2.87. The van der Waals surface area contributed by atoms with Crippen LogP contribution in [0.2, 0.25) is 0 Å². The van der Waals surface area contributed by atoms with Gasteiger partial charge < -0.3 is 5.32 Å². The van der Waals surface area contributed by atoms with Gasteiger partial charge in [-0.25, -0.2) is 4.98 Å². The molecule has 2 aliphatic carbocycles. The molecule has 0 radical (unpaired) electrons. The van der Waals surface area contributed by atoms with Crippen LogP contribution in [0.25, 0.3) is 5.65 Å². The van der Waals surface area contributed by atoms with Crippen LogP contribution in [0.1, 0.15) is 31.2 Å². The molecule has 0 unspecified atom stereocenters. The first-order chi connectivity index (χ1) is 10.8. The molecule has 2 aliphatic rings. The van der Waals surface area contributed by atoms with Crippen molar-refractivity contribution in [3.05, 3.63) is 40.3 Å². The lowest BCUT2D eigenvalue weighted by atomic mass is 10.1. The van der Waals surface area contributed by atoms with Gasteiger partial charge in [0.25, 0.3) is 5.56 Å². The maximum Gasteiger partial charge on any atom is 0.269 e. The van der Waals surface area contributed by atoms with Gasteiger partial charge >= 0.3 is 0 Å². The molecule has 2 aromatic heterocycles. The second-order valence-electron chi connectivity index (χ2n) is 6.28. The number of pyridine rings is 1. The van der Waals surface area contributed by atoms with Gasteiger partial charge in [0.15, 0.2) is 0 Å². The second-order valence-corrected chi connectivity index (χ2v) is 6.28. The van der Waals surface area contributed by atoms with Crippen LogP contribution >= 0.6 is 0 Å². The van der Waals surface area contributed by atoms with Crippen LogP contribution < -0.4 is 10.9 Å². The summed E-state index contributed by atoms with van der Waals surface area (Å²) in [4.78, 5) is 22.0. The Morgan fingerprint density at radius 1 is 1.36 bits per heavy atom. The summed E-state index contributed by atoms with van der Waals surface area (Å²) in [6, 6.07) is 5.63. The molecule has 0 amide bonds. The number of nitrogens with zero attached hydrogens (tertiary/aromatic N) is 3. The minimum absolute atomic E-state index is 0.0172. The van der Waals surface area contributed by atoms with E-state index in [0.29, 0.717) is 22.9 Å². The lowest BCUT2D eigenvalue weighted by Crippen LogP contribution is -2.27. The summed E-state index contributed by atoms with van der Waals surface area (Å²) in [6.45, 7) is 0.893. The highest BCUT2D eigenvalue weighted by Gasteiger charge is 2.32. The average molecular weight is 296 g/mol. The monoisotopic (exact) mass is 296 g/mol.